The van der Waals surface area contributed by atoms with Crippen LogP contribution >= 0.6 is 22.7 Å². The second-order valence-electron chi connectivity index (χ2n) is 6.80. The summed E-state index contributed by atoms with van der Waals surface area (Å²) in [6.07, 6.45) is 0.986. The second-order valence-corrected chi connectivity index (χ2v) is 8.60. The third kappa shape index (κ3) is 4.98. The molecule has 9 heteroatoms. The van der Waals surface area contributed by atoms with Gasteiger partial charge in [0.2, 0.25) is 5.91 Å². The van der Waals surface area contributed by atoms with Crippen LogP contribution in [0.3, 0.4) is 0 Å². The van der Waals surface area contributed by atoms with Crippen LogP contribution in [0.5, 0.6) is 11.5 Å². The maximum absolute atomic E-state index is 12.5. The first-order valence-corrected chi connectivity index (χ1v) is 11.3. The van der Waals surface area contributed by atoms with E-state index < -0.39 is 0 Å². The number of hydrogen-bond donors (Lipinski definition) is 2. The molecule has 0 saturated heterocycles. The maximum atomic E-state index is 12.5. The zero-order valence-corrected chi connectivity index (χ0v) is 18.0. The van der Waals surface area contributed by atoms with Crippen molar-refractivity contribution in [2.24, 2.45) is 0 Å². The number of carbonyl (C=O) groups is 2. The quantitative estimate of drug-likeness (QED) is 0.600. The van der Waals surface area contributed by atoms with Gasteiger partial charge >= 0.3 is 0 Å². The third-order valence-corrected chi connectivity index (χ3v) is 6.18. The number of thiophene rings is 1. The average Bonchev–Trinajstić information content (AvgIpc) is 3.35. The molecule has 0 spiro atoms. The summed E-state index contributed by atoms with van der Waals surface area (Å²) in [7, 11) is 0. The standard InChI is InChI=1S/C21H21N3O4S2/c1-13(14-5-6-16-17(10-14)28-8-3-7-27-16)22-19(25)11-15-12-30-21(23-15)24-20(26)18-4-2-9-29-18/h2,4-6,9-10,12-13H,3,7-8,11H2,1H3,(H,22,25)(H,23,24,26). The van der Waals surface area contributed by atoms with Crippen molar-refractivity contribution in [3.05, 3.63) is 57.2 Å². The molecule has 3 aromatic rings. The smallest absolute Gasteiger partial charge is 0.267 e. The summed E-state index contributed by atoms with van der Waals surface area (Å²) >= 11 is 2.67. The summed E-state index contributed by atoms with van der Waals surface area (Å²) in [5, 5.41) is 9.85. The molecule has 0 radical (unpaired) electrons. The first kappa shape index (κ1) is 20.4. The molecule has 3 heterocycles. The van der Waals surface area contributed by atoms with E-state index in [2.05, 4.69) is 15.6 Å². The highest BCUT2D eigenvalue weighted by atomic mass is 32.1. The summed E-state index contributed by atoms with van der Waals surface area (Å²) in [6, 6.07) is 9.10. The zero-order chi connectivity index (χ0) is 20.9. The van der Waals surface area contributed by atoms with Crippen LogP contribution in [0.4, 0.5) is 5.13 Å². The van der Waals surface area contributed by atoms with Gasteiger partial charge in [-0.1, -0.05) is 12.1 Å². The van der Waals surface area contributed by atoms with Gasteiger partial charge in [0.15, 0.2) is 16.6 Å². The van der Waals surface area contributed by atoms with Gasteiger partial charge in [0, 0.05) is 11.8 Å². The molecule has 1 aliphatic rings. The number of fused-ring (bicyclic) bond motifs is 1. The molecule has 1 aromatic carbocycles. The van der Waals surface area contributed by atoms with Crippen molar-refractivity contribution in [1.82, 2.24) is 10.3 Å². The number of anilines is 1. The maximum Gasteiger partial charge on any atom is 0.267 e. The number of carbonyl (C=O) groups excluding carboxylic acids is 2. The molecule has 7 nitrogen and oxygen atoms in total. The van der Waals surface area contributed by atoms with Gasteiger partial charge < -0.3 is 14.8 Å². The Bertz CT molecular complexity index is 1030. The van der Waals surface area contributed by atoms with Crippen molar-refractivity contribution in [3.8, 4) is 11.5 Å². The molecular weight excluding hydrogens is 422 g/mol. The molecule has 0 fully saturated rings. The normalized spacial score (nSPS) is 13.9. The molecule has 1 unspecified atom stereocenters. The Morgan fingerprint density at radius 3 is 2.80 bits per heavy atom. The van der Waals surface area contributed by atoms with E-state index >= 15 is 0 Å². The predicted molar refractivity (Wildman–Crippen MR) is 117 cm³/mol. The van der Waals surface area contributed by atoms with Crippen molar-refractivity contribution in [2.45, 2.75) is 25.8 Å². The fourth-order valence-corrected chi connectivity index (χ4v) is 4.33. The number of rotatable bonds is 6. The van der Waals surface area contributed by atoms with Crippen molar-refractivity contribution in [2.75, 3.05) is 18.5 Å². The summed E-state index contributed by atoms with van der Waals surface area (Å²) in [5.74, 6) is 1.10. The highest BCUT2D eigenvalue weighted by molar-refractivity contribution is 7.14. The van der Waals surface area contributed by atoms with Crippen LogP contribution in [-0.4, -0.2) is 30.0 Å². The van der Waals surface area contributed by atoms with E-state index in [4.69, 9.17) is 9.47 Å². The van der Waals surface area contributed by atoms with Crippen molar-refractivity contribution in [1.29, 1.82) is 0 Å². The van der Waals surface area contributed by atoms with Crippen molar-refractivity contribution < 1.29 is 19.1 Å². The average molecular weight is 444 g/mol. The Balaban J connectivity index is 1.33. The Morgan fingerprint density at radius 1 is 1.17 bits per heavy atom. The topological polar surface area (TPSA) is 89.6 Å². The van der Waals surface area contributed by atoms with Gasteiger partial charge in [0.1, 0.15) is 0 Å². The minimum atomic E-state index is -0.196. The van der Waals surface area contributed by atoms with E-state index in [9.17, 15) is 9.59 Å². The van der Waals surface area contributed by atoms with Crippen LogP contribution in [0.25, 0.3) is 0 Å². The summed E-state index contributed by atoms with van der Waals surface area (Å²) in [6.45, 7) is 3.18. The SMILES string of the molecule is CC(NC(=O)Cc1csc(NC(=O)c2cccs2)n1)c1ccc2c(c1)OCCCO2. The molecular formula is C21H21N3O4S2. The van der Waals surface area contributed by atoms with E-state index in [-0.39, 0.29) is 24.3 Å². The van der Waals surface area contributed by atoms with E-state index in [1.165, 1.54) is 22.7 Å². The van der Waals surface area contributed by atoms with Crippen molar-refractivity contribution in [3.63, 3.8) is 0 Å². The lowest BCUT2D eigenvalue weighted by atomic mass is 10.1. The second kappa shape index (κ2) is 9.27. The van der Waals surface area contributed by atoms with Crippen LogP contribution in [0, 0.1) is 0 Å². The molecule has 1 atom stereocenters. The highest BCUT2D eigenvalue weighted by Gasteiger charge is 2.17. The lowest BCUT2D eigenvalue weighted by Gasteiger charge is -2.16. The number of aromatic nitrogens is 1. The molecule has 1 aliphatic heterocycles. The van der Waals surface area contributed by atoms with Gasteiger partial charge in [0.25, 0.3) is 5.91 Å². The van der Waals surface area contributed by atoms with Crippen LogP contribution in [0.2, 0.25) is 0 Å². The van der Waals surface area contributed by atoms with Crippen LogP contribution in [-0.2, 0) is 11.2 Å². The monoisotopic (exact) mass is 443 g/mol. The van der Waals surface area contributed by atoms with Gasteiger partial charge in [-0.3, -0.25) is 14.9 Å². The first-order valence-electron chi connectivity index (χ1n) is 9.56. The summed E-state index contributed by atoms with van der Waals surface area (Å²) in [5.41, 5.74) is 1.56. The number of ether oxygens (including phenoxy) is 2. The van der Waals surface area contributed by atoms with Gasteiger partial charge in [-0.05, 0) is 36.1 Å². The van der Waals surface area contributed by atoms with E-state index in [0.29, 0.717) is 34.7 Å². The number of nitrogens with zero attached hydrogens (tertiary/aromatic N) is 1. The van der Waals surface area contributed by atoms with Gasteiger partial charge in [-0.25, -0.2) is 4.98 Å². The van der Waals surface area contributed by atoms with E-state index in [1.54, 1.807) is 11.4 Å². The van der Waals surface area contributed by atoms with Crippen LogP contribution in [0.1, 0.15) is 40.3 Å². The first-order chi connectivity index (χ1) is 14.6. The number of benzene rings is 1. The van der Waals surface area contributed by atoms with Gasteiger partial charge in [0.05, 0.1) is 36.2 Å². The number of nitrogens with one attached hydrogen (secondary N) is 2. The minimum absolute atomic E-state index is 0.139. The molecule has 2 aromatic heterocycles. The molecule has 0 saturated carbocycles. The van der Waals surface area contributed by atoms with Crippen LogP contribution < -0.4 is 20.1 Å². The number of thiazole rings is 1. The fourth-order valence-electron chi connectivity index (χ4n) is 3.00. The molecule has 4 rings (SSSR count). The van der Waals surface area contributed by atoms with Gasteiger partial charge in [-0.2, -0.15) is 0 Å². The van der Waals surface area contributed by atoms with Crippen molar-refractivity contribution >= 4 is 39.6 Å². The summed E-state index contributed by atoms with van der Waals surface area (Å²) in [4.78, 5) is 29.5. The Hall–Kier alpha value is -2.91. The lowest BCUT2D eigenvalue weighted by molar-refractivity contribution is -0.121. The number of amides is 2. The molecule has 0 aliphatic carbocycles. The van der Waals surface area contributed by atoms with Gasteiger partial charge in [-0.15, -0.1) is 22.7 Å². The molecule has 0 bridgehead atoms. The molecule has 2 amide bonds. The molecule has 30 heavy (non-hydrogen) atoms. The minimum Gasteiger partial charge on any atom is -0.490 e. The summed E-state index contributed by atoms with van der Waals surface area (Å²) < 4.78 is 11.4. The zero-order valence-electron chi connectivity index (χ0n) is 16.3. The molecule has 2 N–H and O–H groups in total. The van der Waals surface area contributed by atoms with Crippen LogP contribution in [0.15, 0.2) is 41.1 Å². The Morgan fingerprint density at radius 2 is 2.00 bits per heavy atom. The largest absolute Gasteiger partial charge is 0.490 e. The van der Waals surface area contributed by atoms with E-state index in [1.807, 2.05) is 36.6 Å². The molecule has 156 valence electrons. The Kier molecular flexibility index (Phi) is 6.29. The van der Waals surface area contributed by atoms with E-state index in [0.717, 1.165) is 17.7 Å². The Labute approximate surface area is 182 Å². The number of hydrogen-bond acceptors (Lipinski definition) is 7. The third-order valence-electron chi connectivity index (χ3n) is 4.51. The lowest BCUT2D eigenvalue weighted by Crippen LogP contribution is -2.28. The highest BCUT2D eigenvalue weighted by Crippen LogP contribution is 2.32. The fraction of sp³-hybridized carbons (Fsp3) is 0.286. The predicted octanol–water partition coefficient (Wildman–Crippen LogP) is 4.04.